The third kappa shape index (κ3) is 7.82. The highest BCUT2D eigenvalue weighted by Crippen LogP contribution is 2.43. The highest BCUT2D eigenvalue weighted by Gasteiger charge is 2.24. The Morgan fingerprint density at radius 1 is 0.734 bits per heavy atom. The molecular weight excluding hydrogens is 783 g/mol. The van der Waals surface area contributed by atoms with E-state index in [2.05, 4.69) is 163 Å². The predicted octanol–water partition coefficient (Wildman–Crippen LogP) is 14.5. The van der Waals surface area contributed by atoms with Crippen molar-refractivity contribution in [2.24, 2.45) is 4.99 Å². The van der Waals surface area contributed by atoms with Gasteiger partial charge in [-0.2, -0.15) is 0 Å². The Bertz CT molecular complexity index is 3170. The Hall–Kier alpha value is -8.09. The first kappa shape index (κ1) is 40.0. The van der Waals surface area contributed by atoms with Gasteiger partial charge in [-0.15, -0.1) is 0 Å². The second-order valence-corrected chi connectivity index (χ2v) is 15.9. The van der Waals surface area contributed by atoms with Gasteiger partial charge >= 0.3 is 0 Å². The average molecular weight is 830 g/mol. The van der Waals surface area contributed by atoms with Crippen LogP contribution in [-0.2, 0) is 0 Å². The van der Waals surface area contributed by atoms with Crippen molar-refractivity contribution >= 4 is 44.5 Å². The molecule has 2 aliphatic carbocycles. The Morgan fingerprint density at radius 2 is 1.44 bits per heavy atom. The Balaban J connectivity index is 1.16. The van der Waals surface area contributed by atoms with Crippen molar-refractivity contribution < 1.29 is 4.74 Å². The number of aromatic nitrogens is 3. The molecule has 10 rings (SSSR count). The lowest BCUT2D eigenvalue weighted by Crippen LogP contribution is -2.19. The highest BCUT2D eigenvalue weighted by atomic mass is 16.5. The van der Waals surface area contributed by atoms with Crippen molar-refractivity contribution in [3.8, 4) is 34.2 Å². The molecule has 0 amide bonds. The van der Waals surface area contributed by atoms with Gasteiger partial charge in [0.2, 0.25) is 5.95 Å². The number of ether oxygens (including phenoxy) is 1. The van der Waals surface area contributed by atoms with Crippen LogP contribution < -0.4 is 9.64 Å². The number of anilines is 1. The SMILES string of the molecule is C=C/C=C(\C=C/C)C1=Nc2cc3c(cc2OC1)c1cc(C2=CCC=C(N(C4=CC=CCC=C4)c4ccccc4)C=C2)c(C)cc1n3-c1nc(-c2ccccc2)cc(-c2ccccc2)n1. The third-order valence-electron chi connectivity index (χ3n) is 11.7. The summed E-state index contributed by atoms with van der Waals surface area (Å²) < 4.78 is 8.73. The van der Waals surface area contributed by atoms with Crippen molar-refractivity contribution in [1.82, 2.24) is 14.5 Å². The zero-order valence-corrected chi connectivity index (χ0v) is 36.0. The maximum atomic E-state index is 6.52. The monoisotopic (exact) mass is 829 g/mol. The molecule has 3 aliphatic rings. The van der Waals surface area contributed by atoms with Gasteiger partial charge in [0, 0.05) is 39.0 Å². The molecule has 1 aliphatic heterocycles. The van der Waals surface area contributed by atoms with Crippen molar-refractivity contribution in [1.29, 1.82) is 0 Å². The topological polar surface area (TPSA) is 55.5 Å². The van der Waals surface area contributed by atoms with Gasteiger partial charge in [0.15, 0.2) is 0 Å². The molecule has 0 saturated heterocycles. The van der Waals surface area contributed by atoms with Gasteiger partial charge in [-0.25, -0.2) is 15.0 Å². The number of aliphatic imine (C=N–C) groups is 1. The van der Waals surface area contributed by atoms with Crippen molar-refractivity contribution in [2.75, 3.05) is 11.5 Å². The van der Waals surface area contributed by atoms with Crippen LogP contribution in [0.15, 0.2) is 229 Å². The molecule has 310 valence electrons. The molecule has 0 fully saturated rings. The van der Waals surface area contributed by atoms with Crippen LogP contribution in [0.2, 0.25) is 0 Å². The van der Waals surface area contributed by atoms with E-state index in [1.807, 2.05) is 61.5 Å². The van der Waals surface area contributed by atoms with E-state index in [-0.39, 0.29) is 0 Å². The Kier molecular flexibility index (Phi) is 11.1. The number of para-hydroxylation sites is 1. The van der Waals surface area contributed by atoms with Crippen LogP contribution in [0.4, 0.5) is 11.4 Å². The first-order valence-electron chi connectivity index (χ1n) is 21.8. The van der Waals surface area contributed by atoms with E-state index in [1.54, 1.807) is 6.08 Å². The van der Waals surface area contributed by atoms with Crippen LogP contribution in [0, 0.1) is 6.92 Å². The number of hydrogen-bond acceptors (Lipinski definition) is 5. The van der Waals surface area contributed by atoms with E-state index in [9.17, 15) is 0 Å². The fourth-order valence-electron chi connectivity index (χ4n) is 8.71. The smallest absolute Gasteiger partial charge is 0.235 e. The summed E-state index contributed by atoms with van der Waals surface area (Å²) in [5, 5.41) is 2.11. The van der Waals surface area contributed by atoms with E-state index in [4.69, 9.17) is 19.7 Å². The van der Waals surface area contributed by atoms with Gasteiger partial charge in [-0.3, -0.25) is 4.57 Å². The molecule has 0 unspecified atom stereocenters. The van der Waals surface area contributed by atoms with E-state index < -0.39 is 0 Å². The average Bonchev–Trinajstić information content (AvgIpc) is 3.57. The first-order valence-corrected chi connectivity index (χ1v) is 21.8. The number of allylic oxidation sites excluding steroid dienone is 14. The minimum absolute atomic E-state index is 0.351. The minimum Gasteiger partial charge on any atom is -0.485 e. The summed E-state index contributed by atoms with van der Waals surface area (Å²) in [6.07, 6.45) is 29.6. The van der Waals surface area contributed by atoms with Gasteiger partial charge in [0.05, 0.1) is 28.1 Å². The molecule has 0 spiro atoms. The third-order valence-corrected chi connectivity index (χ3v) is 11.7. The molecule has 5 aromatic carbocycles. The molecular formula is C58H47N5O. The lowest BCUT2D eigenvalue weighted by Gasteiger charge is -2.27. The van der Waals surface area contributed by atoms with Crippen molar-refractivity contribution in [3.05, 3.63) is 235 Å². The molecule has 2 aromatic heterocycles. The van der Waals surface area contributed by atoms with Gasteiger partial charge in [-0.1, -0.05) is 146 Å². The maximum Gasteiger partial charge on any atom is 0.235 e. The predicted molar refractivity (Wildman–Crippen MR) is 267 cm³/mol. The lowest BCUT2D eigenvalue weighted by atomic mass is 9.96. The van der Waals surface area contributed by atoms with Crippen LogP contribution in [0.25, 0.3) is 55.8 Å². The molecule has 0 bridgehead atoms. The van der Waals surface area contributed by atoms with Crippen LogP contribution in [0.5, 0.6) is 5.75 Å². The van der Waals surface area contributed by atoms with E-state index in [1.165, 1.54) is 0 Å². The van der Waals surface area contributed by atoms with Crippen LogP contribution in [0.1, 0.15) is 30.9 Å². The summed E-state index contributed by atoms with van der Waals surface area (Å²) in [6.45, 7) is 8.50. The number of nitrogens with zero attached hydrogens (tertiary/aromatic N) is 5. The summed E-state index contributed by atoms with van der Waals surface area (Å²) >= 11 is 0. The quantitative estimate of drug-likeness (QED) is 0.129. The van der Waals surface area contributed by atoms with Gasteiger partial charge in [0.1, 0.15) is 18.0 Å². The second-order valence-electron chi connectivity index (χ2n) is 15.9. The van der Waals surface area contributed by atoms with Crippen molar-refractivity contribution in [2.45, 2.75) is 26.7 Å². The van der Waals surface area contributed by atoms with Crippen LogP contribution in [-0.4, -0.2) is 26.9 Å². The summed E-state index contributed by atoms with van der Waals surface area (Å²) in [6, 6.07) is 42.2. The van der Waals surface area contributed by atoms with E-state index in [0.717, 1.165) is 114 Å². The summed E-state index contributed by atoms with van der Waals surface area (Å²) in [7, 11) is 0. The summed E-state index contributed by atoms with van der Waals surface area (Å²) in [4.78, 5) is 18.2. The fraction of sp³-hybridized carbons (Fsp3) is 0.0862. The lowest BCUT2D eigenvalue weighted by molar-refractivity contribution is 0.373. The first-order chi connectivity index (χ1) is 31.6. The minimum atomic E-state index is 0.351. The Morgan fingerprint density at radius 3 is 2.16 bits per heavy atom. The normalized spacial score (nSPS) is 14.9. The van der Waals surface area contributed by atoms with Crippen LogP contribution in [0.3, 0.4) is 0 Å². The molecule has 3 heterocycles. The summed E-state index contributed by atoms with van der Waals surface area (Å²) in [5.74, 6) is 1.31. The highest BCUT2D eigenvalue weighted by molar-refractivity contribution is 6.13. The van der Waals surface area contributed by atoms with Crippen LogP contribution >= 0.6 is 0 Å². The molecule has 0 atom stereocenters. The molecule has 7 aromatic rings. The standard InChI is InChI=1S/C58H47N5O/c1-4-20-42(21-5-2)54-39-64-57-36-50-49-35-48(41-26-19-31-47(33-32-41)62(46-29-17-10-18-30-46)45-27-15-6-7-16-28-45)40(3)34-55(49)63(56(50)38-53(57)59-54)58-60-51(43-22-11-8-12-23-43)37-52(61-58)44-24-13-9-14-25-44/h4-6,8-18,20-38H,1,7,19,39H2,2-3H3/b21-5-,42-20+. The molecule has 64 heavy (non-hydrogen) atoms. The molecule has 6 nitrogen and oxygen atoms in total. The Labute approximate surface area is 374 Å². The number of hydrogen-bond donors (Lipinski definition) is 0. The van der Waals surface area contributed by atoms with Gasteiger partial charge in [-0.05, 0) is 110 Å². The molecule has 0 radical (unpaired) electrons. The van der Waals surface area contributed by atoms with Gasteiger partial charge in [0.25, 0.3) is 0 Å². The maximum absolute atomic E-state index is 6.52. The molecule has 6 heteroatoms. The van der Waals surface area contributed by atoms with Crippen molar-refractivity contribution in [3.63, 3.8) is 0 Å². The van der Waals surface area contributed by atoms with E-state index >= 15 is 0 Å². The second kappa shape index (κ2) is 17.7. The zero-order valence-electron chi connectivity index (χ0n) is 36.0. The number of benzene rings is 5. The fourth-order valence-corrected chi connectivity index (χ4v) is 8.71. The zero-order chi connectivity index (χ0) is 43.4. The molecule has 0 N–H and O–H groups in total. The van der Waals surface area contributed by atoms with Gasteiger partial charge < -0.3 is 9.64 Å². The summed E-state index contributed by atoms with van der Waals surface area (Å²) in [5.41, 5.74) is 15.0. The number of aryl methyl sites for hydroxylation is 1. The number of rotatable bonds is 10. The van der Waals surface area contributed by atoms with E-state index in [0.29, 0.717) is 12.6 Å². The largest absolute Gasteiger partial charge is 0.485 e. The number of fused-ring (bicyclic) bond motifs is 4. The molecule has 0 saturated carbocycles.